The van der Waals surface area contributed by atoms with Crippen molar-refractivity contribution in [3.05, 3.63) is 76.4 Å². The van der Waals surface area contributed by atoms with Crippen LogP contribution in [0.4, 0.5) is 5.82 Å². The average molecular weight is 718 g/mol. The molecule has 1 aliphatic carbocycles. The first-order chi connectivity index (χ1) is 24.7. The van der Waals surface area contributed by atoms with E-state index in [-0.39, 0.29) is 31.2 Å². The van der Waals surface area contributed by atoms with Gasteiger partial charge in [-0.3, -0.25) is 14.5 Å². The van der Waals surface area contributed by atoms with Gasteiger partial charge in [-0.25, -0.2) is 9.99 Å². The number of amides is 2. The second kappa shape index (κ2) is 19.2. The maximum Gasteiger partial charge on any atom is 0.251 e. The number of allylic oxidation sites excluding steroid dienone is 4. The molecule has 0 bridgehead atoms. The van der Waals surface area contributed by atoms with E-state index in [0.717, 1.165) is 61.0 Å². The number of carbonyl (C=O) groups is 2. The summed E-state index contributed by atoms with van der Waals surface area (Å²) in [5.41, 5.74) is 3.27. The van der Waals surface area contributed by atoms with Gasteiger partial charge in [-0.2, -0.15) is 5.10 Å². The normalized spacial score (nSPS) is 22.5. The molecule has 2 amide bonds. The largest absolute Gasteiger partial charge is 0.350 e. The Labute approximate surface area is 312 Å². The summed E-state index contributed by atoms with van der Waals surface area (Å²) in [5, 5.41) is 11.8. The predicted octanol–water partition coefficient (Wildman–Crippen LogP) is 8.25. The number of thiophene rings is 1. The molecule has 6 rings (SSSR count). The Balaban J connectivity index is 0.00000116. The quantitative estimate of drug-likeness (QED) is 0.223. The number of nitrogens with zero attached hydrogens (tertiary/aromatic N) is 6. The predicted molar refractivity (Wildman–Crippen MR) is 216 cm³/mol. The molecule has 3 aliphatic heterocycles. The van der Waals surface area contributed by atoms with Crippen molar-refractivity contribution in [3.8, 4) is 0 Å². The van der Waals surface area contributed by atoms with Crippen molar-refractivity contribution in [1.82, 2.24) is 25.1 Å². The number of aromatic nitrogens is 1. The van der Waals surface area contributed by atoms with Crippen LogP contribution in [-0.4, -0.2) is 89.2 Å². The molecule has 0 radical (unpaired) electrons. The van der Waals surface area contributed by atoms with E-state index in [0.29, 0.717) is 36.2 Å². The van der Waals surface area contributed by atoms with Crippen LogP contribution in [0, 0.1) is 11.8 Å². The van der Waals surface area contributed by atoms with Gasteiger partial charge in [-0.15, -0.1) is 11.3 Å². The fourth-order valence-corrected chi connectivity index (χ4v) is 7.55. The number of fused-ring (bicyclic) bond motifs is 1. The number of likely N-dealkylation sites (tertiary alicyclic amines) is 1. The number of likely N-dealkylation sites (N-methyl/N-ethyl adjacent to an activating group) is 1. The van der Waals surface area contributed by atoms with E-state index in [2.05, 4.69) is 73.6 Å². The maximum absolute atomic E-state index is 13.6. The minimum Gasteiger partial charge on any atom is -0.350 e. The third kappa shape index (κ3) is 10.2. The molecule has 280 valence electrons. The second-order valence-electron chi connectivity index (χ2n) is 13.7. The molecule has 10 heteroatoms. The summed E-state index contributed by atoms with van der Waals surface area (Å²) >= 11 is 1.66. The number of piperidine rings is 1. The summed E-state index contributed by atoms with van der Waals surface area (Å²) < 4.78 is 0. The third-order valence-corrected chi connectivity index (χ3v) is 10.9. The van der Waals surface area contributed by atoms with Gasteiger partial charge in [0.15, 0.2) is 0 Å². The van der Waals surface area contributed by atoms with E-state index in [1.54, 1.807) is 11.3 Å². The molecule has 4 aliphatic rings. The maximum atomic E-state index is 13.6. The lowest BCUT2D eigenvalue weighted by molar-refractivity contribution is -0.133. The van der Waals surface area contributed by atoms with Crippen LogP contribution < -0.4 is 10.2 Å². The molecule has 5 atom stereocenters. The number of nitrogens with one attached hydrogen (secondary N) is 1. The second-order valence-corrected chi connectivity index (χ2v) is 14.7. The summed E-state index contributed by atoms with van der Waals surface area (Å²) in [6.45, 7) is 25.9. The van der Waals surface area contributed by atoms with Crippen molar-refractivity contribution in [2.24, 2.45) is 16.9 Å². The Kier molecular flexibility index (Phi) is 15.1. The third-order valence-electron chi connectivity index (χ3n) is 9.98. The molecule has 9 nitrogen and oxygen atoms in total. The van der Waals surface area contributed by atoms with Gasteiger partial charge < -0.3 is 15.1 Å². The summed E-state index contributed by atoms with van der Waals surface area (Å²) in [7, 11) is 0. The lowest BCUT2D eigenvalue weighted by Gasteiger charge is -2.43. The van der Waals surface area contributed by atoms with Crippen LogP contribution >= 0.6 is 11.3 Å². The number of hydrogen-bond acceptors (Lipinski definition) is 8. The molecule has 4 unspecified atom stereocenters. The zero-order valence-corrected chi connectivity index (χ0v) is 33.1. The highest BCUT2D eigenvalue weighted by atomic mass is 32.1. The van der Waals surface area contributed by atoms with Crippen LogP contribution in [0.5, 0.6) is 0 Å². The van der Waals surface area contributed by atoms with Crippen LogP contribution in [0.25, 0.3) is 5.57 Å². The highest BCUT2D eigenvalue weighted by Gasteiger charge is 2.49. The van der Waals surface area contributed by atoms with Gasteiger partial charge in [0.1, 0.15) is 11.9 Å². The van der Waals surface area contributed by atoms with Crippen LogP contribution in [0.3, 0.4) is 0 Å². The van der Waals surface area contributed by atoms with Gasteiger partial charge in [0.25, 0.3) is 5.91 Å². The van der Waals surface area contributed by atoms with Crippen LogP contribution in [0.2, 0.25) is 0 Å². The van der Waals surface area contributed by atoms with Crippen molar-refractivity contribution in [2.75, 3.05) is 44.2 Å². The molecule has 1 saturated carbocycles. The average Bonchev–Trinajstić information content (AvgIpc) is 3.46. The minimum atomic E-state index is -0.219. The Bertz CT molecular complexity index is 1540. The molecule has 0 spiro atoms. The Morgan fingerprint density at radius 3 is 2.47 bits per heavy atom. The molecule has 2 saturated heterocycles. The first-order valence-electron chi connectivity index (χ1n) is 19.2. The smallest absolute Gasteiger partial charge is 0.251 e. The number of hydrazone groups is 1. The number of pyridine rings is 1. The SMILES string of the molecule is C=C(/C=C\N1N=CCC(c2cc(C(=O)NCC(C)N(CC)CC)cc(N3CC[C@H]3C(=O)N3CC4CC4C3)n2)C=C1C)c1cccs1.CC.CCC.[HH]. The van der Waals surface area contributed by atoms with Crippen molar-refractivity contribution >= 4 is 40.8 Å². The van der Waals surface area contributed by atoms with Gasteiger partial charge in [-0.1, -0.05) is 66.7 Å². The number of hydrogen-bond donors (Lipinski definition) is 1. The van der Waals surface area contributed by atoms with Gasteiger partial charge in [-0.05, 0) is 93.3 Å². The van der Waals surface area contributed by atoms with Crippen molar-refractivity contribution in [2.45, 2.75) is 99.1 Å². The van der Waals surface area contributed by atoms with Crippen LogP contribution in [-0.2, 0) is 4.79 Å². The lowest BCUT2D eigenvalue weighted by Crippen LogP contribution is -2.57. The lowest BCUT2D eigenvalue weighted by atomic mass is 9.97. The first-order valence-corrected chi connectivity index (χ1v) is 20.1. The van der Waals surface area contributed by atoms with E-state index in [4.69, 9.17) is 4.98 Å². The highest BCUT2D eigenvalue weighted by Crippen LogP contribution is 2.45. The van der Waals surface area contributed by atoms with E-state index in [9.17, 15) is 9.59 Å². The fraction of sp³-hybridized carbons (Fsp3) is 0.561. The topological polar surface area (TPSA) is 84.4 Å². The molecule has 3 fully saturated rings. The van der Waals surface area contributed by atoms with E-state index < -0.39 is 0 Å². The molecule has 0 aromatic carbocycles. The Morgan fingerprint density at radius 2 is 1.86 bits per heavy atom. The van der Waals surface area contributed by atoms with E-state index >= 15 is 0 Å². The molecule has 1 N–H and O–H groups in total. The zero-order valence-electron chi connectivity index (χ0n) is 32.3. The van der Waals surface area contributed by atoms with Crippen molar-refractivity contribution in [1.29, 1.82) is 0 Å². The molecule has 5 heterocycles. The Morgan fingerprint density at radius 1 is 1.16 bits per heavy atom. The number of anilines is 1. The molecule has 2 aromatic heterocycles. The van der Waals surface area contributed by atoms with Gasteiger partial charge in [0.2, 0.25) is 5.91 Å². The molecular formula is C41H63N7O2S. The minimum absolute atomic E-state index is 0. The molecule has 2 aromatic rings. The van der Waals surface area contributed by atoms with Gasteiger partial charge >= 0.3 is 0 Å². The van der Waals surface area contributed by atoms with E-state index in [1.807, 2.05) is 72.7 Å². The highest BCUT2D eigenvalue weighted by molar-refractivity contribution is 7.11. The molecular weight excluding hydrogens is 655 g/mol. The van der Waals surface area contributed by atoms with Crippen molar-refractivity contribution < 1.29 is 11.0 Å². The number of carbonyl (C=O) groups excluding carboxylic acids is 2. The first kappa shape index (κ1) is 40.0. The van der Waals surface area contributed by atoms with Gasteiger partial charge in [0.05, 0.1) is 5.69 Å². The summed E-state index contributed by atoms with van der Waals surface area (Å²) in [6, 6.07) is 7.87. The van der Waals surface area contributed by atoms with E-state index in [1.165, 1.54) is 12.8 Å². The molecule has 51 heavy (non-hydrogen) atoms. The standard InChI is InChI=1S/C36H47N7O2S.C3H8.C2H6.H2/c1-6-40(7-2)26(5)21-37-35(44)28-19-31(27-10-13-38-43(25(4)17-27)15-11-24(3)33-9-8-16-46-33)39-34(20-28)42-14-12-32(42)36(45)41-22-29-18-30(29)23-41;1-3-2;1-2;/h8-9,11,13,15-17,19-20,26-27,29-30,32H,3,6-7,10,12,14,18,21-23H2,1-2,4-5H3,(H,37,44);3H2,1-2H3;1-2H3;1H/b15-11-;;;/t26?,27?,29?,30?,32-;;;/m0.../s1. The van der Waals surface area contributed by atoms with Crippen LogP contribution in [0.15, 0.2) is 65.4 Å². The number of rotatable bonds is 12. The zero-order chi connectivity index (χ0) is 37.1. The van der Waals surface area contributed by atoms with Gasteiger partial charge in [0, 0.05) is 68.1 Å². The van der Waals surface area contributed by atoms with Crippen molar-refractivity contribution in [3.63, 3.8) is 0 Å². The Hall–Kier alpha value is -3.76. The fourth-order valence-electron chi connectivity index (χ4n) is 6.87. The summed E-state index contributed by atoms with van der Waals surface area (Å²) in [5.74, 6) is 2.10. The van der Waals surface area contributed by atoms with Crippen LogP contribution in [0.1, 0.15) is 109 Å². The summed E-state index contributed by atoms with van der Waals surface area (Å²) in [6.07, 6.45) is 12.0. The summed E-state index contributed by atoms with van der Waals surface area (Å²) in [4.78, 5) is 39.9. The monoisotopic (exact) mass is 717 g/mol.